The molecule has 0 aliphatic rings. The van der Waals surface area contributed by atoms with E-state index in [-0.39, 0.29) is 17.3 Å². The van der Waals surface area contributed by atoms with Crippen LogP contribution in [0, 0.1) is 20.8 Å². The number of sulfonamides is 1. The number of unbranched alkanes of at least 4 members (excludes halogenated alkanes) is 1. The number of hydrogen-bond acceptors (Lipinski definition) is 4. The second kappa shape index (κ2) is 13.8. The summed E-state index contributed by atoms with van der Waals surface area (Å²) in [7, 11) is -4.10. The van der Waals surface area contributed by atoms with Crippen LogP contribution in [0.15, 0.2) is 71.6 Å². The van der Waals surface area contributed by atoms with Crippen LogP contribution in [-0.2, 0) is 26.2 Å². The van der Waals surface area contributed by atoms with Crippen LogP contribution in [0.1, 0.15) is 48.9 Å². The van der Waals surface area contributed by atoms with Crippen molar-refractivity contribution in [2.75, 3.05) is 17.4 Å². The lowest BCUT2D eigenvalue weighted by molar-refractivity contribution is -0.139. The topological polar surface area (TPSA) is 86.8 Å². The molecule has 214 valence electrons. The van der Waals surface area contributed by atoms with Gasteiger partial charge in [-0.05, 0) is 87.2 Å². The van der Waals surface area contributed by atoms with E-state index in [0.29, 0.717) is 17.3 Å². The molecule has 0 heterocycles. The van der Waals surface area contributed by atoms with Gasteiger partial charge in [0.1, 0.15) is 12.6 Å². The number of halogens is 1. The van der Waals surface area contributed by atoms with Gasteiger partial charge in [-0.25, -0.2) is 8.42 Å². The Labute approximate surface area is 243 Å². The number of nitrogens with one attached hydrogen (secondary N) is 1. The molecule has 0 aliphatic carbocycles. The van der Waals surface area contributed by atoms with E-state index in [9.17, 15) is 18.0 Å². The highest BCUT2D eigenvalue weighted by Crippen LogP contribution is 2.27. The molecule has 2 amide bonds. The van der Waals surface area contributed by atoms with Crippen molar-refractivity contribution >= 4 is 39.1 Å². The maximum Gasteiger partial charge on any atom is 0.264 e. The van der Waals surface area contributed by atoms with Gasteiger partial charge in [0.05, 0.1) is 10.6 Å². The van der Waals surface area contributed by atoms with Crippen LogP contribution < -0.4 is 9.62 Å². The lowest BCUT2D eigenvalue weighted by Crippen LogP contribution is -2.51. The average molecular weight is 584 g/mol. The second-order valence-corrected chi connectivity index (χ2v) is 12.4. The summed E-state index contributed by atoms with van der Waals surface area (Å²) in [5.41, 5.74) is 3.97. The van der Waals surface area contributed by atoms with Crippen molar-refractivity contribution in [3.63, 3.8) is 0 Å². The summed E-state index contributed by atoms with van der Waals surface area (Å²) in [5, 5.41) is 3.44. The van der Waals surface area contributed by atoms with Crippen LogP contribution in [0.3, 0.4) is 0 Å². The van der Waals surface area contributed by atoms with E-state index in [1.54, 1.807) is 67.6 Å². The van der Waals surface area contributed by atoms with Gasteiger partial charge in [-0.1, -0.05) is 60.8 Å². The monoisotopic (exact) mass is 583 g/mol. The maximum atomic E-state index is 14.0. The highest BCUT2D eigenvalue weighted by molar-refractivity contribution is 7.92. The Hall–Kier alpha value is -3.36. The fraction of sp³-hybridized carbons (Fsp3) is 0.355. The molecule has 0 spiro atoms. The summed E-state index contributed by atoms with van der Waals surface area (Å²) < 4.78 is 29.0. The molecule has 3 aromatic rings. The quantitative estimate of drug-likeness (QED) is 0.273. The number of amides is 2. The van der Waals surface area contributed by atoms with Gasteiger partial charge in [0.2, 0.25) is 11.8 Å². The second-order valence-electron chi connectivity index (χ2n) is 10.1. The van der Waals surface area contributed by atoms with Crippen molar-refractivity contribution in [1.82, 2.24) is 10.2 Å². The van der Waals surface area contributed by atoms with E-state index < -0.39 is 28.5 Å². The predicted octanol–water partition coefficient (Wildman–Crippen LogP) is 5.79. The Bertz CT molecular complexity index is 1420. The van der Waals surface area contributed by atoms with Crippen molar-refractivity contribution in [2.24, 2.45) is 0 Å². The van der Waals surface area contributed by atoms with Crippen molar-refractivity contribution in [3.05, 3.63) is 94.0 Å². The minimum atomic E-state index is -4.10. The summed E-state index contributed by atoms with van der Waals surface area (Å²) in [6.45, 7) is 9.54. The van der Waals surface area contributed by atoms with Crippen molar-refractivity contribution < 1.29 is 18.0 Å². The summed E-state index contributed by atoms with van der Waals surface area (Å²) in [4.78, 5) is 28.5. The fourth-order valence-electron chi connectivity index (χ4n) is 4.15. The Kier molecular flexibility index (Phi) is 10.8. The van der Waals surface area contributed by atoms with E-state index in [4.69, 9.17) is 11.6 Å². The number of anilines is 1. The van der Waals surface area contributed by atoms with Gasteiger partial charge in [-0.3, -0.25) is 13.9 Å². The molecule has 1 N–H and O–H groups in total. The summed E-state index contributed by atoms with van der Waals surface area (Å²) >= 11 is 6.06. The molecule has 0 unspecified atom stereocenters. The van der Waals surface area contributed by atoms with Gasteiger partial charge in [0.15, 0.2) is 0 Å². The van der Waals surface area contributed by atoms with Crippen LogP contribution in [0.25, 0.3) is 0 Å². The van der Waals surface area contributed by atoms with Crippen molar-refractivity contribution in [2.45, 2.75) is 64.9 Å². The number of rotatable bonds is 12. The molecule has 7 nitrogen and oxygen atoms in total. The standard InChI is InChI=1S/C31H38ClN3O4S/c1-6-7-18-33-31(37)25(5)34(20-26-11-13-27(32)14-12-26)30(36)21-35(28-15-10-23(3)24(4)19-28)40(38,39)29-16-8-22(2)9-17-29/h8-17,19,25H,6-7,18,20-21H2,1-5H3,(H,33,37)/t25-/m1/s1. The van der Waals surface area contributed by atoms with Crippen LogP contribution in [0.2, 0.25) is 5.02 Å². The van der Waals surface area contributed by atoms with Gasteiger partial charge in [-0.15, -0.1) is 0 Å². The normalized spacial score (nSPS) is 12.1. The molecule has 40 heavy (non-hydrogen) atoms. The van der Waals surface area contributed by atoms with Crippen LogP contribution in [0.5, 0.6) is 0 Å². The summed E-state index contributed by atoms with van der Waals surface area (Å²) in [6, 6.07) is 18.0. The smallest absolute Gasteiger partial charge is 0.264 e. The number of benzene rings is 3. The fourth-order valence-corrected chi connectivity index (χ4v) is 5.68. The minimum Gasteiger partial charge on any atom is -0.354 e. The first kappa shape index (κ1) is 31.2. The van der Waals surface area contributed by atoms with Gasteiger partial charge >= 0.3 is 0 Å². The van der Waals surface area contributed by atoms with Gasteiger partial charge in [0, 0.05) is 18.1 Å². The molecule has 0 aromatic heterocycles. The molecule has 0 fully saturated rings. The largest absolute Gasteiger partial charge is 0.354 e. The Morgan fingerprint density at radius 2 is 1.57 bits per heavy atom. The van der Waals surface area contributed by atoms with Crippen LogP contribution in [-0.4, -0.2) is 44.3 Å². The van der Waals surface area contributed by atoms with E-state index >= 15 is 0 Å². The van der Waals surface area contributed by atoms with Gasteiger partial charge in [0.25, 0.3) is 10.0 Å². The van der Waals surface area contributed by atoms with Crippen molar-refractivity contribution in [3.8, 4) is 0 Å². The lowest BCUT2D eigenvalue weighted by atomic mass is 10.1. The number of aryl methyl sites for hydroxylation is 3. The Balaban J connectivity index is 2.02. The van der Waals surface area contributed by atoms with Crippen LogP contribution >= 0.6 is 11.6 Å². The molecule has 9 heteroatoms. The van der Waals surface area contributed by atoms with E-state index in [1.165, 1.54) is 4.90 Å². The van der Waals surface area contributed by atoms with Gasteiger partial charge < -0.3 is 10.2 Å². The van der Waals surface area contributed by atoms with Gasteiger partial charge in [-0.2, -0.15) is 0 Å². The molecule has 3 aromatic carbocycles. The number of carbonyl (C=O) groups is 2. The number of carbonyl (C=O) groups excluding carboxylic acids is 2. The zero-order valence-corrected chi connectivity index (χ0v) is 25.3. The molecule has 0 aliphatic heterocycles. The Morgan fingerprint density at radius 3 is 2.17 bits per heavy atom. The first-order valence-electron chi connectivity index (χ1n) is 13.4. The average Bonchev–Trinajstić information content (AvgIpc) is 2.92. The summed E-state index contributed by atoms with van der Waals surface area (Å²) in [6.07, 6.45) is 1.74. The summed E-state index contributed by atoms with van der Waals surface area (Å²) in [5.74, 6) is -0.795. The third kappa shape index (κ3) is 7.86. The molecular weight excluding hydrogens is 546 g/mol. The minimum absolute atomic E-state index is 0.0822. The zero-order valence-electron chi connectivity index (χ0n) is 23.8. The number of hydrogen-bond donors (Lipinski definition) is 1. The molecule has 0 bridgehead atoms. The van der Waals surface area contributed by atoms with E-state index in [1.807, 2.05) is 33.8 Å². The molecule has 3 rings (SSSR count). The molecule has 0 saturated heterocycles. The lowest BCUT2D eigenvalue weighted by Gasteiger charge is -2.32. The first-order valence-corrected chi connectivity index (χ1v) is 15.2. The van der Waals surface area contributed by atoms with E-state index in [2.05, 4.69) is 5.32 Å². The third-order valence-electron chi connectivity index (χ3n) is 6.93. The SMILES string of the molecule is CCCCNC(=O)[C@@H](C)N(Cc1ccc(Cl)cc1)C(=O)CN(c1ccc(C)c(C)c1)S(=O)(=O)c1ccc(C)cc1. The maximum absolute atomic E-state index is 14.0. The highest BCUT2D eigenvalue weighted by Gasteiger charge is 2.32. The van der Waals surface area contributed by atoms with E-state index in [0.717, 1.165) is 39.4 Å². The molecule has 0 radical (unpaired) electrons. The molecule has 1 atom stereocenters. The Morgan fingerprint density at radius 1 is 0.925 bits per heavy atom. The molecular formula is C31H38ClN3O4S. The van der Waals surface area contributed by atoms with Crippen molar-refractivity contribution in [1.29, 1.82) is 0 Å². The molecule has 0 saturated carbocycles. The number of nitrogens with zero attached hydrogens (tertiary/aromatic N) is 2. The predicted molar refractivity (Wildman–Crippen MR) is 161 cm³/mol. The highest BCUT2D eigenvalue weighted by atomic mass is 35.5. The first-order chi connectivity index (χ1) is 18.9. The van der Waals surface area contributed by atoms with Crippen LogP contribution in [0.4, 0.5) is 5.69 Å². The zero-order chi connectivity index (χ0) is 29.4. The third-order valence-corrected chi connectivity index (χ3v) is 8.97.